The molecule has 0 aliphatic carbocycles. The van der Waals surface area contributed by atoms with Crippen molar-refractivity contribution in [2.75, 3.05) is 6.54 Å². The molecule has 4 heteroatoms. The number of carbonyl (C=O) groups excluding carboxylic acids is 1. The number of nitrogens with one attached hydrogen (secondary N) is 1. The summed E-state index contributed by atoms with van der Waals surface area (Å²) < 4.78 is 1.35. The molecule has 0 saturated carbocycles. The molecular weight excluding hydrogens is 252 g/mol. The Labute approximate surface area is 117 Å². The maximum absolute atomic E-state index is 11.6. The molecule has 0 bridgehead atoms. The van der Waals surface area contributed by atoms with Gasteiger partial charge in [0, 0.05) is 17.8 Å². The number of nitrogens with zero attached hydrogens (tertiary/aromatic N) is 1. The van der Waals surface area contributed by atoms with Crippen LogP contribution in [0.4, 0.5) is 0 Å². The average molecular weight is 266 g/mol. The highest BCUT2D eigenvalue weighted by Crippen LogP contribution is 1.94. The largest absolute Gasteiger partial charge is 0.344 e. The summed E-state index contributed by atoms with van der Waals surface area (Å²) in [6, 6.07) is 14.3. The lowest BCUT2D eigenvalue weighted by Crippen LogP contribution is -2.31. The Morgan fingerprint density at radius 3 is 2.60 bits per heavy atom. The maximum Gasteiger partial charge on any atom is 0.250 e. The molecule has 2 rings (SSSR count). The Kier molecular flexibility index (Phi) is 4.74. The van der Waals surface area contributed by atoms with Crippen LogP contribution in [0, 0.1) is 11.8 Å². The lowest BCUT2D eigenvalue weighted by Gasteiger charge is -2.04. The van der Waals surface area contributed by atoms with Gasteiger partial charge in [-0.1, -0.05) is 36.1 Å². The van der Waals surface area contributed by atoms with Crippen molar-refractivity contribution >= 4 is 5.91 Å². The van der Waals surface area contributed by atoms with Gasteiger partial charge < -0.3 is 9.88 Å². The fourth-order valence-electron chi connectivity index (χ4n) is 1.61. The molecule has 0 unspecified atom stereocenters. The molecule has 1 aromatic heterocycles. The Morgan fingerprint density at radius 1 is 1.10 bits per heavy atom. The molecule has 1 heterocycles. The zero-order valence-electron chi connectivity index (χ0n) is 10.9. The van der Waals surface area contributed by atoms with Gasteiger partial charge in [-0.3, -0.25) is 9.59 Å². The number of hydrogen-bond acceptors (Lipinski definition) is 2. The average Bonchev–Trinajstić information content (AvgIpc) is 2.47. The van der Waals surface area contributed by atoms with E-state index in [1.807, 2.05) is 30.3 Å². The third-order valence-corrected chi connectivity index (χ3v) is 2.59. The monoisotopic (exact) mass is 266 g/mol. The van der Waals surface area contributed by atoms with Crippen LogP contribution < -0.4 is 10.9 Å². The molecule has 0 spiro atoms. The quantitative estimate of drug-likeness (QED) is 0.843. The SMILES string of the molecule is O=C(Cn1ccccc1=O)NCC#Cc1ccccc1. The van der Waals surface area contributed by atoms with Crippen molar-refractivity contribution in [2.45, 2.75) is 6.54 Å². The summed E-state index contributed by atoms with van der Waals surface area (Å²) in [4.78, 5) is 23.1. The second kappa shape index (κ2) is 6.95. The topological polar surface area (TPSA) is 51.1 Å². The van der Waals surface area contributed by atoms with E-state index < -0.39 is 0 Å². The Bertz CT molecular complexity index is 693. The highest BCUT2D eigenvalue weighted by molar-refractivity contribution is 5.76. The van der Waals surface area contributed by atoms with Crippen molar-refractivity contribution in [3.8, 4) is 11.8 Å². The van der Waals surface area contributed by atoms with Gasteiger partial charge in [-0.05, 0) is 18.2 Å². The van der Waals surface area contributed by atoms with Crippen LogP contribution in [-0.4, -0.2) is 17.0 Å². The van der Waals surface area contributed by atoms with Crippen LogP contribution in [0.5, 0.6) is 0 Å². The summed E-state index contributed by atoms with van der Waals surface area (Å²) in [7, 11) is 0. The van der Waals surface area contributed by atoms with Crippen molar-refractivity contribution in [1.82, 2.24) is 9.88 Å². The second-order valence-electron chi connectivity index (χ2n) is 4.11. The van der Waals surface area contributed by atoms with E-state index in [0.717, 1.165) is 5.56 Å². The van der Waals surface area contributed by atoms with Crippen molar-refractivity contribution in [1.29, 1.82) is 0 Å². The molecule has 2 aromatic rings. The molecule has 1 aromatic carbocycles. The van der Waals surface area contributed by atoms with E-state index in [9.17, 15) is 9.59 Å². The van der Waals surface area contributed by atoms with E-state index in [2.05, 4.69) is 17.2 Å². The molecule has 0 aliphatic heterocycles. The predicted molar refractivity (Wildman–Crippen MR) is 77.0 cm³/mol. The summed E-state index contributed by atoms with van der Waals surface area (Å²) in [6.45, 7) is 0.266. The lowest BCUT2D eigenvalue weighted by atomic mass is 10.2. The van der Waals surface area contributed by atoms with E-state index >= 15 is 0 Å². The number of rotatable bonds is 3. The Balaban J connectivity index is 1.83. The minimum atomic E-state index is -0.235. The van der Waals surface area contributed by atoms with Crippen LogP contribution in [0.15, 0.2) is 59.5 Å². The van der Waals surface area contributed by atoms with Gasteiger partial charge in [0.15, 0.2) is 0 Å². The van der Waals surface area contributed by atoms with Gasteiger partial charge in [0.05, 0.1) is 6.54 Å². The first-order chi connectivity index (χ1) is 9.75. The van der Waals surface area contributed by atoms with E-state index in [0.29, 0.717) is 0 Å². The molecular formula is C16H14N2O2. The molecule has 1 amide bonds. The third-order valence-electron chi connectivity index (χ3n) is 2.59. The molecule has 0 radical (unpaired) electrons. The van der Waals surface area contributed by atoms with E-state index in [-0.39, 0.29) is 24.6 Å². The van der Waals surface area contributed by atoms with Gasteiger partial charge >= 0.3 is 0 Å². The number of aromatic nitrogens is 1. The number of amides is 1. The molecule has 20 heavy (non-hydrogen) atoms. The maximum atomic E-state index is 11.6. The fourth-order valence-corrected chi connectivity index (χ4v) is 1.61. The number of hydrogen-bond donors (Lipinski definition) is 1. The van der Waals surface area contributed by atoms with Crippen molar-refractivity contribution in [2.24, 2.45) is 0 Å². The summed E-state index contributed by atoms with van der Waals surface area (Å²) in [5.41, 5.74) is 0.707. The van der Waals surface area contributed by atoms with Crippen molar-refractivity contribution in [3.63, 3.8) is 0 Å². The zero-order chi connectivity index (χ0) is 14.2. The molecule has 1 N–H and O–H groups in total. The highest BCUT2D eigenvalue weighted by atomic mass is 16.2. The van der Waals surface area contributed by atoms with Crippen molar-refractivity contribution in [3.05, 3.63) is 70.6 Å². The predicted octanol–water partition coefficient (Wildman–Crippen LogP) is 1.02. The number of carbonyl (C=O) groups is 1. The summed E-state index contributed by atoms with van der Waals surface area (Å²) in [5, 5.41) is 2.66. The van der Waals surface area contributed by atoms with Gasteiger partial charge in [0.25, 0.3) is 5.56 Å². The smallest absolute Gasteiger partial charge is 0.250 e. The Hall–Kier alpha value is -2.80. The van der Waals surface area contributed by atoms with E-state index in [1.54, 1.807) is 18.3 Å². The van der Waals surface area contributed by atoms with Gasteiger partial charge in [0.1, 0.15) is 6.54 Å². The minimum absolute atomic E-state index is 0.00664. The van der Waals surface area contributed by atoms with Crippen LogP contribution in [0.25, 0.3) is 0 Å². The van der Waals surface area contributed by atoms with Gasteiger partial charge in [-0.2, -0.15) is 0 Å². The van der Waals surface area contributed by atoms with Crippen LogP contribution >= 0.6 is 0 Å². The Morgan fingerprint density at radius 2 is 1.85 bits per heavy atom. The molecule has 0 saturated heterocycles. The molecule has 0 fully saturated rings. The molecule has 0 aliphatic rings. The number of benzene rings is 1. The van der Waals surface area contributed by atoms with Gasteiger partial charge in [0.2, 0.25) is 5.91 Å². The first kappa shape index (κ1) is 13.6. The normalized spacial score (nSPS) is 9.40. The second-order valence-corrected chi connectivity index (χ2v) is 4.11. The zero-order valence-corrected chi connectivity index (χ0v) is 10.9. The van der Waals surface area contributed by atoms with Gasteiger partial charge in [-0.15, -0.1) is 0 Å². The van der Waals surface area contributed by atoms with E-state index in [4.69, 9.17) is 0 Å². The standard InChI is InChI=1S/C16H14N2O2/c19-15(13-18-12-5-4-10-16(18)20)17-11-6-9-14-7-2-1-3-8-14/h1-5,7-8,10,12H,11,13H2,(H,17,19). The van der Waals surface area contributed by atoms with Crippen LogP contribution in [-0.2, 0) is 11.3 Å². The summed E-state index contributed by atoms with van der Waals surface area (Å²) >= 11 is 0. The fraction of sp³-hybridized carbons (Fsp3) is 0.125. The van der Waals surface area contributed by atoms with Crippen LogP contribution in [0.2, 0.25) is 0 Å². The van der Waals surface area contributed by atoms with Crippen molar-refractivity contribution < 1.29 is 4.79 Å². The number of pyridine rings is 1. The summed E-state index contributed by atoms with van der Waals surface area (Å²) in [6.07, 6.45) is 1.58. The van der Waals surface area contributed by atoms with Crippen LogP contribution in [0.1, 0.15) is 5.56 Å². The van der Waals surface area contributed by atoms with Gasteiger partial charge in [-0.25, -0.2) is 0 Å². The van der Waals surface area contributed by atoms with Crippen LogP contribution in [0.3, 0.4) is 0 Å². The first-order valence-corrected chi connectivity index (χ1v) is 6.22. The molecule has 100 valence electrons. The van der Waals surface area contributed by atoms with E-state index in [1.165, 1.54) is 10.6 Å². The first-order valence-electron chi connectivity index (χ1n) is 6.22. The third kappa shape index (κ3) is 4.14. The lowest BCUT2D eigenvalue weighted by molar-refractivity contribution is -0.121. The highest BCUT2D eigenvalue weighted by Gasteiger charge is 2.01. The summed E-state index contributed by atoms with van der Waals surface area (Å²) in [5.74, 6) is 5.57. The molecule has 0 atom stereocenters. The molecule has 4 nitrogen and oxygen atoms in total. The minimum Gasteiger partial charge on any atom is -0.344 e.